The Labute approximate surface area is 138 Å². The number of carbonyl (C=O) groups is 1. The third kappa shape index (κ3) is 3.58. The van der Waals surface area contributed by atoms with Crippen LogP contribution < -0.4 is 9.77 Å². The fourth-order valence-corrected chi connectivity index (χ4v) is 3.41. The molecule has 0 aromatic carbocycles. The van der Waals surface area contributed by atoms with Crippen LogP contribution in [-0.4, -0.2) is 51.5 Å². The zero-order valence-electron chi connectivity index (χ0n) is 13.0. The van der Waals surface area contributed by atoms with Crippen LogP contribution in [0.25, 0.3) is 0 Å². The quantitative estimate of drug-likeness (QED) is 0.825. The number of piperazine rings is 1. The summed E-state index contributed by atoms with van der Waals surface area (Å²) in [4.78, 5) is 36.4. The summed E-state index contributed by atoms with van der Waals surface area (Å²) in [5, 5.41) is 1.82. The van der Waals surface area contributed by atoms with Gasteiger partial charge in [0.15, 0.2) is 0 Å². The number of aromatic nitrogens is 3. The second kappa shape index (κ2) is 6.91. The molecule has 23 heavy (non-hydrogen) atoms. The molecule has 2 aromatic heterocycles. The molecule has 0 radical (unpaired) electrons. The maximum atomic E-state index is 12.3. The lowest BCUT2D eigenvalue weighted by atomic mass is 10.2. The zero-order chi connectivity index (χ0) is 16.2. The van der Waals surface area contributed by atoms with Crippen molar-refractivity contribution < 1.29 is 4.79 Å². The molecule has 122 valence electrons. The predicted octanol–water partition coefficient (Wildman–Crippen LogP) is 0.747. The minimum absolute atomic E-state index is 0.00125. The highest BCUT2D eigenvalue weighted by atomic mass is 32.1. The topological polar surface area (TPSA) is 71.3 Å². The zero-order valence-corrected chi connectivity index (χ0v) is 13.8. The van der Waals surface area contributed by atoms with Crippen molar-refractivity contribution in [2.75, 3.05) is 31.1 Å². The van der Waals surface area contributed by atoms with Crippen LogP contribution in [0.15, 0.2) is 28.6 Å². The van der Waals surface area contributed by atoms with Gasteiger partial charge in [-0.1, -0.05) is 11.3 Å². The molecule has 0 unspecified atom stereocenters. The maximum absolute atomic E-state index is 12.3. The van der Waals surface area contributed by atoms with Crippen LogP contribution in [0.5, 0.6) is 0 Å². The van der Waals surface area contributed by atoms with Gasteiger partial charge < -0.3 is 14.4 Å². The van der Waals surface area contributed by atoms with E-state index >= 15 is 0 Å². The molecule has 1 fully saturated rings. The van der Waals surface area contributed by atoms with Crippen molar-refractivity contribution in [3.8, 4) is 0 Å². The number of carbonyl (C=O) groups excluding carboxylic acids is 1. The summed E-state index contributed by atoms with van der Waals surface area (Å²) >= 11 is 1.18. The summed E-state index contributed by atoms with van der Waals surface area (Å²) in [6.45, 7) is 5.12. The van der Waals surface area contributed by atoms with E-state index in [4.69, 9.17) is 0 Å². The van der Waals surface area contributed by atoms with Crippen molar-refractivity contribution in [1.82, 2.24) is 19.4 Å². The summed E-state index contributed by atoms with van der Waals surface area (Å²) in [5.74, 6) is 0.802. The van der Waals surface area contributed by atoms with Crippen LogP contribution in [0, 0.1) is 6.92 Å². The van der Waals surface area contributed by atoms with Crippen LogP contribution in [0.4, 0.5) is 5.95 Å². The molecule has 1 saturated heterocycles. The van der Waals surface area contributed by atoms with E-state index in [9.17, 15) is 9.59 Å². The van der Waals surface area contributed by atoms with Crippen molar-refractivity contribution in [2.24, 2.45) is 0 Å². The number of amides is 1. The van der Waals surface area contributed by atoms with E-state index in [1.807, 2.05) is 17.2 Å². The number of aryl methyl sites for hydroxylation is 1. The fourth-order valence-electron chi connectivity index (χ4n) is 2.65. The first-order chi connectivity index (χ1) is 11.1. The van der Waals surface area contributed by atoms with Crippen LogP contribution in [0.3, 0.4) is 0 Å². The maximum Gasteiger partial charge on any atom is 0.307 e. The SMILES string of the molecule is Cc1csc(=O)n1CCC(=O)N1CCN(c2ncccn2)CC1. The molecule has 1 amide bonds. The molecule has 1 aliphatic rings. The van der Waals surface area contributed by atoms with Gasteiger partial charge in [0.05, 0.1) is 0 Å². The van der Waals surface area contributed by atoms with Crippen molar-refractivity contribution in [2.45, 2.75) is 19.9 Å². The summed E-state index contributed by atoms with van der Waals surface area (Å²) in [7, 11) is 0. The fraction of sp³-hybridized carbons (Fsp3) is 0.467. The minimum atomic E-state index is 0.00125. The summed E-state index contributed by atoms with van der Waals surface area (Å²) in [5.41, 5.74) is 0.916. The molecule has 1 aliphatic heterocycles. The number of hydrogen-bond donors (Lipinski definition) is 0. The van der Waals surface area contributed by atoms with Gasteiger partial charge in [-0.2, -0.15) is 0 Å². The highest BCUT2D eigenvalue weighted by Gasteiger charge is 2.22. The molecular weight excluding hydrogens is 314 g/mol. The Bertz CT molecular complexity index is 719. The van der Waals surface area contributed by atoms with Gasteiger partial charge in [-0.15, -0.1) is 0 Å². The van der Waals surface area contributed by atoms with E-state index in [1.165, 1.54) is 11.3 Å². The van der Waals surface area contributed by atoms with E-state index < -0.39 is 0 Å². The Morgan fingerprint density at radius 2 is 1.91 bits per heavy atom. The molecule has 0 atom stereocenters. The average Bonchev–Trinajstić information content (AvgIpc) is 2.92. The molecule has 0 saturated carbocycles. The van der Waals surface area contributed by atoms with Gasteiger partial charge in [0.1, 0.15) is 0 Å². The second-order valence-corrected chi connectivity index (χ2v) is 6.28. The first-order valence-electron chi connectivity index (χ1n) is 7.60. The van der Waals surface area contributed by atoms with Gasteiger partial charge >= 0.3 is 4.87 Å². The lowest BCUT2D eigenvalue weighted by Crippen LogP contribution is -2.49. The standard InChI is InChI=1S/C15H19N5O2S/c1-12-11-23-15(22)20(12)6-3-13(21)18-7-9-19(10-8-18)14-16-4-2-5-17-14/h2,4-5,11H,3,6-10H2,1H3. The normalized spacial score (nSPS) is 15.0. The minimum Gasteiger partial charge on any atom is -0.339 e. The van der Waals surface area contributed by atoms with E-state index in [1.54, 1.807) is 23.0 Å². The average molecular weight is 333 g/mol. The molecule has 0 bridgehead atoms. The van der Waals surface area contributed by atoms with Gasteiger partial charge in [0.25, 0.3) is 0 Å². The van der Waals surface area contributed by atoms with Gasteiger partial charge in [0.2, 0.25) is 11.9 Å². The molecule has 7 nitrogen and oxygen atoms in total. The second-order valence-electron chi connectivity index (χ2n) is 5.46. The van der Waals surface area contributed by atoms with E-state index in [-0.39, 0.29) is 10.8 Å². The molecule has 3 heterocycles. The number of anilines is 1. The van der Waals surface area contributed by atoms with Gasteiger partial charge in [-0.25, -0.2) is 9.97 Å². The Morgan fingerprint density at radius 1 is 1.22 bits per heavy atom. The number of rotatable bonds is 4. The third-order valence-electron chi connectivity index (χ3n) is 3.99. The number of nitrogens with zero attached hydrogens (tertiary/aromatic N) is 5. The molecule has 8 heteroatoms. The Balaban J connectivity index is 1.51. The Hall–Kier alpha value is -2.22. The Morgan fingerprint density at radius 3 is 2.52 bits per heavy atom. The van der Waals surface area contributed by atoms with Gasteiger partial charge in [0, 0.05) is 62.6 Å². The predicted molar refractivity (Wildman–Crippen MR) is 88.8 cm³/mol. The molecule has 2 aromatic rings. The highest BCUT2D eigenvalue weighted by Crippen LogP contribution is 2.11. The summed E-state index contributed by atoms with van der Waals surface area (Å²) in [6, 6.07) is 1.79. The van der Waals surface area contributed by atoms with Crippen molar-refractivity contribution in [1.29, 1.82) is 0 Å². The monoisotopic (exact) mass is 333 g/mol. The van der Waals surface area contributed by atoms with E-state index in [0.29, 0.717) is 32.0 Å². The van der Waals surface area contributed by atoms with Crippen molar-refractivity contribution in [3.05, 3.63) is 39.2 Å². The summed E-state index contributed by atoms with van der Waals surface area (Å²) in [6.07, 6.45) is 3.81. The Kier molecular flexibility index (Phi) is 4.71. The van der Waals surface area contributed by atoms with Gasteiger partial charge in [-0.3, -0.25) is 9.59 Å². The summed E-state index contributed by atoms with van der Waals surface area (Å²) < 4.78 is 1.66. The number of hydrogen-bond acceptors (Lipinski definition) is 6. The van der Waals surface area contributed by atoms with Crippen LogP contribution in [0.1, 0.15) is 12.1 Å². The molecule has 0 spiro atoms. The molecule has 0 aliphatic carbocycles. The first kappa shape index (κ1) is 15.7. The van der Waals surface area contributed by atoms with Crippen LogP contribution >= 0.6 is 11.3 Å². The third-order valence-corrected chi connectivity index (χ3v) is 4.87. The smallest absolute Gasteiger partial charge is 0.307 e. The van der Waals surface area contributed by atoms with E-state index in [2.05, 4.69) is 14.9 Å². The lowest BCUT2D eigenvalue weighted by Gasteiger charge is -2.34. The largest absolute Gasteiger partial charge is 0.339 e. The molecule has 0 N–H and O–H groups in total. The van der Waals surface area contributed by atoms with E-state index in [0.717, 1.165) is 18.8 Å². The molecule has 3 rings (SSSR count). The van der Waals surface area contributed by atoms with Crippen LogP contribution in [-0.2, 0) is 11.3 Å². The molecular formula is C15H19N5O2S. The van der Waals surface area contributed by atoms with Crippen LogP contribution in [0.2, 0.25) is 0 Å². The lowest BCUT2D eigenvalue weighted by molar-refractivity contribution is -0.131. The van der Waals surface area contributed by atoms with Crippen molar-refractivity contribution >= 4 is 23.2 Å². The van der Waals surface area contributed by atoms with Gasteiger partial charge in [-0.05, 0) is 13.0 Å². The number of thiazole rings is 1. The highest BCUT2D eigenvalue weighted by molar-refractivity contribution is 7.07. The first-order valence-corrected chi connectivity index (χ1v) is 8.48. The van der Waals surface area contributed by atoms with Crippen molar-refractivity contribution in [3.63, 3.8) is 0 Å².